The Morgan fingerprint density at radius 1 is 1.07 bits per heavy atom. The van der Waals surface area contributed by atoms with Gasteiger partial charge in [-0.15, -0.1) is 0 Å². The zero-order valence-corrected chi connectivity index (χ0v) is 16.6. The van der Waals surface area contributed by atoms with Crippen LogP contribution in [0.2, 0.25) is 5.02 Å². The smallest absolute Gasteiger partial charge is 0.330 e. The van der Waals surface area contributed by atoms with Crippen molar-refractivity contribution in [2.75, 3.05) is 27.4 Å². The first-order valence-electron chi connectivity index (χ1n) is 8.68. The lowest BCUT2D eigenvalue weighted by Gasteiger charge is -2.13. The SMILES string of the molecule is COc1cc(/C=C/C(=O)OCCN2C(=O)c3ccccc3C2=O)cc(Cl)c1OC. The number of halogens is 1. The van der Waals surface area contributed by atoms with Crippen LogP contribution in [0.1, 0.15) is 26.3 Å². The van der Waals surface area contributed by atoms with Crippen molar-refractivity contribution in [3.8, 4) is 11.5 Å². The van der Waals surface area contributed by atoms with Gasteiger partial charge >= 0.3 is 5.97 Å². The Hall–Kier alpha value is -3.32. The Balaban J connectivity index is 1.57. The van der Waals surface area contributed by atoms with Crippen molar-refractivity contribution in [1.82, 2.24) is 4.90 Å². The molecular weight excluding hydrogens is 398 g/mol. The Morgan fingerprint density at radius 3 is 2.31 bits per heavy atom. The largest absolute Gasteiger partial charge is 0.493 e. The molecule has 29 heavy (non-hydrogen) atoms. The van der Waals surface area contributed by atoms with Crippen LogP contribution >= 0.6 is 11.6 Å². The number of carbonyl (C=O) groups is 3. The van der Waals surface area contributed by atoms with E-state index in [1.165, 1.54) is 26.4 Å². The fraction of sp³-hybridized carbons (Fsp3) is 0.190. The van der Waals surface area contributed by atoms with E-state index in [1.54, 1.807) is 36.4 Å². The van der Waals surface area contributed by atoms with Crippen LogP contribution in [0.4, 0.5) is 0 Å². The minimum Gasteiger partial charge on any atom is -0.493 e. The number of methoxy groups -OCH3 is 2. The zero-order valence-electron chi connectivity index (χ0n) is 15.8. The Kier molecular flexibility index (Phi) is 6.19. The first kappa shape index (κ1) is 20.4. The summed E-state index contributed by atoms with van der Waals surface area (Å²) in [6.45, 7) is -0.130. The van der Waals surface area contributed by atoms with Crippen LogP contribution in [-0.2, 0) is 9.53 Å². The number of nitrogens with zero attached hydrogens (tertiary/aromatic N) is 1. The minimum absolute atomic E-state index is 0.0197. The van der Waals surface area contributed by atoms with Crippen LogP contribution in [0.25, 0.3) is 6.08 Å². The highest BCUT2D eigenvalue weighted by Crippen LogP contribution is 2.36. The van der Waals surface area contributed by atoms with Crippen molar-refractivity contribution in [3.05, 3.63) is 64.2 Å². The second-order valence-electron chi connectivity index (χ2n) is 6.05. The van der Waals surface area contributed by atoms with Crippen LogP contribution in [-0.4, -0.2) is 50.1 Å². The second kappa shape index (κ2) is 8.79. The van der Waals surface area contributed by atoms with Gasteiger partial charge in [-0.3, -0.25) is 14.5 Å². The third-order valence-electron chi connectivity index (χ3n) is 4.31. The summed E-state index contributed by atoms with van der Waals surface area (Å²) in [5, 5.41) is 0.338. The molecule has 150 valence electrons. The first-order chi connectivity index (χ1) is 14.0. The van der Waals surface area contributed by atoms with E-state index in [-0.39, 0.29) is 13.2 Å². The number of fused-ring (bicyclic) bond motifs is 1. The van der Waals surface area contributed by atoms with Crippen molar-refractivity contribution in [3.63, 3.8) is 0 Å². The van der Waals surface area contributed by atoms with E-state index in [2.05, 4.69) is 0 Å². The van der Waals surface area contributed by atoms with E-state index in [9.17, 15) is 14.4 Å². The van der Waals surface area contributed by atoms with E-state index < -0.39 is 17.8 Å². The quantitative estimate of drug-likeness (QED) is 0.392. The van der Waals surface area contributed by atoms with Gasteiger partial charge in [-0.25, -0.2) is 4.79 Å². The van der Waals surface area contributed by atoms with Gasteiger partial charge < -0.3 is 14.2 Å². The maximum absolute atomic E-state index is 12.3. The summed E-state index contributed by atoms with van der Waals surface area (Å²) in [6.07, 6.45) is 2.73. The fourth-order valence-electron chi connectivity index (χ4n) is 2.93. The van der Waals surface area contributed by atoms with E-state index in [4.69, 9.17) is 25.8 Å². The number of imide groups is 1. The van der Waals surface area contributed by atoms with E-state index >= 15 is 0 Å². The highest BCUT2D eigenvalue weighted by Gasteiger charge is 2.34. The lowest BCUT2D eigenvalue weighted by Crippen LogP contribution is -2.33. The summed E-state index contributed by atoms with van der Waals surface area (Å²) in [5.74, 6) is -0.574. The topological polar surface area (TPSA) is 82.1 Å². The monoisotopic (exact) mass is 415 g/mol. The third kappa shape index (κ3) is 4.25. The van der Waals surface area contributed by atoms with Gasteiger partial charge in [-0.05, 0) is 35.9 Å². The molecule has 1 aliphatic heterocycles. The molecule has 0 N–H and O–H groups in total. The summed E-state index contributed by atoms with van der Waals surface area (Å²) >= 11 is 6.13. The average molecular weight is 416 g/mol. The molecule has 0 unspecified atom stereocenters. The molecule has 7 nitrogen and oxygen atoms in total. The fourth-order valence-corrected chi connectivity index (χ4v) is 3.22. The normalized spacial score (nSPS) is 13.0. The van der Waals surface area contributed by atoms with Gasteiger partial charge in [0.1, 0.15) is 6.61 Å². The number of rotatable bonds is 7. The van der Waals surface area contributed by atoms with Crippen molar-refractivity contribution in [2.24, 2.45) is 0 Å². The first-order valence-corrected chi connectivity index (χ1v) is 9.05. The molecule has 0 aliphatic carbocycles. The molecule has 1 heterocycles. The van der Waals surface area contributed by atoms with Gasteiger partial charge in [-0.2, -0.15) is 0 Å². The molecular formula is C21H18ClNO6. The van der Waals surface area contributed by atoms with Gasteiger partial charge in [0.15, 0.2) is 11.5 Å². The molecule has 0 aromatic heterocycles. The predicted octanol–water partition coefficient (Wildman–Crippen LogP) is 3.21. The summed E-state index contributed by atoms with van der Waals surface area (Å²) < 4.78 is 15.5. The molecule has 0 radical (unpaired) electrons. The number of ether oxygens (including phenoxy) is 3. The van der Waals surface area contributed by atoms with Crippen LogP contribution in [0.5, 0.6) is 11.5 Å². The number of hydrogen-bond acceptors (Lipinski definition) is 6. The molecule has 2 aromatic carbocycles. The molecule has 1 aliphatic rings. The highest BCUT2D eigenvalue weighted by atomic mass is 35.5. The molecule has 2 amide bonds. The van der Waals surface area contributed by atoms with Gasteiger partial charge in [0.25, 0.3) is 11.8 Å². The summed E-state index contributed by atoms with van der Waals surface area (Å²) in [5.41, 5.74) is 1.33. The summed E-state index contributed by atoms with van der Waals surface area (Å²) in [4.78, 5) is 37.5. The molecule has 0 fully saturated rings. The maximum atomic E-state index is 12.3. The molecule has 8 heteroatoms. The Bertz CT molecular complexity index is 966. The summed E-state index contributed by atoms with van der Waals surface area (Å²) in [6, 6.07) is 9.85. The molecule has 0 saturated carbocycles. The van der Waals surface area contributed by atoms with Crippen LogP contribution in [0, 0.1) is 0 Å². The van der Waals surface area contributed by atoms with E-state index in [1.807, 2.05) is 0 Å². The molecule has 3 rings (SSSR count). The molecule has 0 saturated heterocycles. The number of hydrogen-bond donors (Lipinski definition) is 0. The zero-order chi connectivity index (χ0) is 21.0. The second-order valence-corrected chi connectivity index (χ2v) is 6.45. The summed E-state index contributed by atoms with van der Waals surface area (Å²) in [7, 11) is 2.96. The molecule has 0 bridgehead atoms. The van der Waals surface area contributed by atoms with Crippen LogP contribution < -0.4 is 9.47 Å². The number of amides is 2. The molecule has 0 atom stereocenters. The maximum Gasteiger partial charge on any atom is 0.330 e. The average Bonchev–Trinajstić information content (AvgIpc) is 2.97. The van der Waals surface area contributed by atoms with Crippen molar-refractivity contribution < 1.29 is 28.6 Å². The molecule has 0 spiro atoms. The van der Waals surface area contributed by atoms with Gasteiger partial charge in [-0.1, -0.05) is 23.7 Å². The number of esters is 1. The van der Waals surface area contributed by atoms with Crippen molar-refractivity contribution >= 4 is 35.5 Å². The Morgan fingerprint density at radius 2 is 1.72 bits per heavy atom. The number of carbonyl (C=O) groups excluding carboxylic acids is 3. The lowest BCUT2D eigenvalue weighted by molar-refractivity contribution is -0.137. The standard InChI is InChI=1S/C21H18ClNO6/c1-27-17-12-13(11-16(22)19(17)28-2)7-8-18(24)29-10-9-23-20(25)14-5-3-4-6-15(14)21(23)26/h3-8,11-12H,9-10H2,1-2H3/b8-7+. The van der Waals surface area contributed by atoms with Gasteiger partial charge in [0.05, 0.1) is 36.9 Å². The molecule has 2 aromatic rings. The van der Waals surface area contributed by atoms with Gasteiger partial charge in [0.2, 0.25) is 0 Å². The van der Waals surface area contributed by atoms with Crippen molar-refractivity contribution in [2.45, 2.75) is 0 Å². The van der Waals surface area contributed by atoms with Crippen molar-refractivity contribution in [1.29, 1.82) is 0 Å². The van der Waals surface area contributed by atoms with Crippen LogP contribution in [0.15, 0.2) is 42.5 Å². The highest BCUT2D eigenvalue weighted by molar-refractivity contribution is 6.32. The minimum atomic E-state index is -0.618. The third-order valence-corrected chi connectivity index (χ3v) is 4.59. The Labute approximate surface area is 172 Å². The predicted molar refractivity (Wildman–Crippen MR) is 106 cm³/mol. The van der Waals surface area contributed by atoms with E-state index in [0.29, 0.717) is 33.2 Å². The van der Waals surface area contributed by atoms with E-state index in [0.717, 1.165) is 4.90 Å². The van der Waals surface area contributed by atoms with Gasteiger partial charge in [0, 0.05) is 6.08 Å². The van der Waals surface area contributed by atoms with Crippen LogP contribution in [0.3, 0.4) is 0 Å². The number of benzene rings is 2. The lowest BCUT2D eigenvalue weighted by atomic mass is 10.1.